The van der Waals surface area contributed by atoms with E-state index >= 15 is 0 Å². The number of benzene rings is 2. The van der Waals surface area contributed by atoms with Gasteiger partial charge in [0.2, 0.25) is 23.7 Å². The largest absolute Gasteiger partial charge is 0.489 e. The van der Waals surface area contributed by atoms with Gasteiger partial charge in [-0.3, -0.25) is 48.3 Å². The van der Waals surface area contributed by atoms with Gasteiger partial charge >= 0.3 is 0 Å². The number of nitrogens with zero attached hydrogens (tertiary/aromatic N) is 8. The number of rotatable bonds is 11. The van der Waals surface area contributed by atoms with Crippen LogP contribution in [0.5, 0.6) is 11.5 Å². The van der Waals surface area contributed by atoms with Crippen molar-refractivity contribution in [2.24, 2.45) is 11.5 Å². The highest BCUT2D eigenvalue weighted by molar-refractivity contribution is 6.05. The molecule has 0 radical (unpaired) electrons. The highest BCUT2D eigenvalue weighted by Gasteiger charge is 2.31. The van der Waals surface area contributed by atoms with Gasteiger partial charge in [-0.05, 0) is 70.5 Å². The fraction of sp³-hybridized carbons (Fsp3) is 0.297. The summed E-state index contributed by atoms with van der Waals surface area (Å²) in [6.45, 7) is 8.78. The number of hydrogen-bond acceptors (Lipinski definition) is 10. The van der Waals surface area contributed by atoms with Crippen LogP contribution in [0.15, 0.2) is 48.6 Å². The molecule has 2 aromatic carbocycles. The number of carbonyl (C=O) groups excluding carboxylic acids is 4. The van der Waals surface area contributed by atoms with Crippen molar-refractivity contribution >= 4 is 57.6 Å². The van der Waals surface area contributed by atoms with Crippen molar-refractivity contribution in [3.05, 3.63) is 82.5 Å². The van der Waals surface area contributed by atoms with Crippen LogP contribution in [0, 0.1) is 13.8 Å². The smallest absolute Gasteiger partial charge is 0.276 e. The molecule has 4 amide bonds. The lowest BCUT2D eigenvalue weighted by Crippen LogP contribution is -2.26. The van der Waals surface area contributed by atoms with Gasteiger partial charge in [-0.15, -0.1) is 0 Å². The molecule has 2 aliphatic rings. The Labute approximate surface area is 313 Å². The van der Waals surface area contributed by atoms with Gasteiger partial charge in [0.05, 0.1) is 34.5 Å². The predicted octanol–water partition coefficient (Wildman–Crippen LogP) is 3.65. The number of carbonyl (C=O) groups is 4. The second kappa shape index (κ2) is 13.5. The molecule has 0 fully saturated rings. The van der Waals surface area contributed by atoms with E-state index in [4.69, 9.17) is 30.9 Å². The first kappa shape index (κ1) is 35.1. The molecular weight excluding hydrogens is 708 g/mol. The molecule has 0 bridgehead atoms. The molecular formula is C37H38N12O6. The zero-order chi connectivity index (χ0) is 38.7. The molecule has 6 heterocycles. The number of ether oxygens (including phenoxy) is 2. The van der Waals surface area contributed by atoms with Crippen LogP contribution in [0.4, 0.5) is 11.9 Å². The topological polar surface area (TPSA) is 234 Å². The quantitative estimate of drug-likeness (QED) is 0.141. The van der Waals surface area contributed by atoms with Crippen molar-refractivity contribution in [2.75, 3.05) is 23.8 Å². The van der Waals surface area contributed by atoms with Crippen LogP contribution in [-0.4, -0.2) is 75.5 Å². The minimum absolute atomic E-state index is 0.160. The first-order chi connectivity index (χ1) is 26.4. The summed E-state index contributed by atoms with van der Waals surface area (Å²) in [6.07, 6.45) is 4.34. The number of primary amides is 2. The van der Waals surface area contributed by atoms with Crippen molar-refractivity contribution in [3.63, 3.8) is 0 Å². The third-order valence-electron chi connectivity index (χ3n) is 9.69. The summed E-state index contributed by atoms with van der Waals surface area (Å²) in [5.74, 6) is -0.697. The maximum Gasteiger partial charge on any atom is 0.276 e. The van der Waals surface area contributed by atoms with Crippen LogP contribution in [0.3, 0.4) is 0 Å². The molecule has 6 N–H and O–H groups in total. The van der Waals surface area contributed by atoms with E-state index in [-0.39, 0.29) is 48.2 Å². The fourth-order valence-corrected chi connectivity index (χ4v) is 7.24. The normalized spacial score (nSPS) is 16.0. The van der Waals surface area contributed by atoms with E-state index in [0.717, 1.165) is 0 Å². The molecule has 18 nitrogen and oxygen atoms in total. The summed E-state index contributed by atoms with van der Waals surface area (Å²) < 4.78 is 19.3. The van der Waals surface area contributed by atoms with Gasteiger partial charge in [-0.2, -0.15) is 10.2 Å². The second-order valence-corrected chi connectivity index (χ2v) is 13.4. The lowest BCUT2D eigenvalue weighted by atomic mass is 10.1. The van der Waals surface area contributed by atoms with Crippen LogP contribution in [0.2, 0.25) is 0 Å². The molecule has 0 spiro atoms. The highest BCUT2D eigenvalue weighted by Crippen LogP contribution is 2.40. The molecule has 55 heavy (non-hydrogen) atoms. The lowest BCUT2D eigenvalue weighted by molar-refractivity contribution is 0.0991. The van der Waals surface area contributed by atoms with Gasteiger partial charge in [0.25, 0.3) is 11.8 Å². The van der Waals surface area contributed by atoms with Crippen LogP contribution in [0.1, 0.15) is 85.4 Å². The number of anilines is 2. The van der Waals surface area contributed by atoms with Gasteiger partial charge in [0, 0.05) is 24.2 Å². The maximum atomic E-state index is 13.6. The second-order valence-electron chi connectivity index (χ2n) is 13.4. The Hall–Kier alpha value is -6.98. The summed E-state index contributed by atoms with van der Waals surface area (Å²) in [7, 11) is 0. The monoisotopic (exact) mass is 746 g/mol. The summed E-state index contributed by atoms with van der Waals surface area (Å²) >= 11 is 0. The van der Waals surface area contributed by atoms with Gasteiger partial charge in [0.1, 0.15) is 47.1 Å². The molecule has 4 aromatic heterocycles. The van der Waals surface area contributed by atoms with Gasteiger partial charge in [-0.25, -0.2) is 9.97 Å². The zero-order valence-electron chi connectivity index (χ0n) is 30.5. The summed E-state index contributed by atoms with van der Waals surface area (Å²) in [5.41, 5.74) is 15.9. The average molecular weight is 747 g/mol. The fourth-order valence-electron chi connectivity index (χ4n) is 7.24. The first-order valence-electron chi connectivity index (χ1n) is 17.8. The predicted molar refractivity (Wildman–Crippen MR) is 201 cm³/mol. The molecule has 2 aliphatic heterocycles. The maximum absolute atomic E-state index is 13.6. The Balaban J connectivity index is 1.14. The van der Waals surface area contributed by atoms with E-state index in [1.165, 1.54) is 0 Å². The molecule has 6 aromatic rings. The summed E-state index contributed by atoms with van der Waals surface area (Å²) in [4.78, 5) is 60.9. The first-order valence-corrected chi connectivity index (χ1v) is 17.8. The Morgan fingerprint density at radius 1 is 0.745 bits per heavy atom. The van der Waals surface area contributed by atoms with Crippen molar-refractivity contribution in [3.8, 4) is 11.5 Å². The number of hydrogen-bond donors (Lipinski definition) is 4. The standard InChI is InChI=1S/C37H38N12O6/c1-5-46-26(10-18(3)44-46)34(52)42-36-40-24-12-20(32(38)50)14-28-30(24)48(36)22(16-54-28)8-7-9-23-17-55-29-15-21(33(39)51)13-25-31(29)49(23)37(41-25)43-35(53)27-11-19(4)45-47(27)6-2/h7-8,10-15,22-23H,5-6,9,16-17H2,1-4H3,(H2,38,50)(H2,39,51)(H,40,42,52)(H,41,43,53). The molecule has 8 rings (SSSR count). The van der Waals surface area contributed by atoms with Gasteiger partial charge in [0.15, 0.2) is 0 Å². The van der Waals surface area contributed by atoms with Gasteiger partial charge in [-0.1, -0.05) is 12.2 Å². The van der Waals surface area contributed by atoms with E-state index in [0.29, 0.717) is 75.9 Å². The third kappa shape index (κ3) is 6.10. The van der Waals surface area contributed by atoms with E-state index in [9.17, 15) is 19.2 Å². The van der Waals surface area contributed by atoms with Crippen LogP contribution in [-0.2, 0) is 13.1 Å². The molecule has 282 valence electrons. The minimum Gasteiger partial charge on any atom is -0.489 e. The number of amides is 4. The third-order valence-corrected chi connectivity index (χ3v) is 9.69. The van der Waals surface area contributed by atoms with Crippen molar-refractivity contribution in [1.29, 1.82) is 0 Å². The molecule has 0 aliphatic carbocycles. The number of aryl methyl sites for hydroxylation is 4. The highest BCUT2D eigenvalue weighted by atomic mass is 16.5. The lowest BCUT2D eigenvalue weighted by Gasteiger charge is -2.27. The summed E-state index contributed by atoms with van der Waals surface area (Å²) in [5, 5.41) is 14.7. The van der Waals surface area contributed by atoms with E-state index in [2.05, 4.69) is 20.8 Å². The minimum atomic E-state index is -0.636. The van der Waals surface area contributed by atoms with Crippen molar-refractivity contribution in [1.82, 2.24) is 38.7 Å². The van der Waals surface area contributed by atoms with Crippen molar-refractivity contribution in [2.45, 2.75) is 59.3 Å². The van der Waals surface area contributed by atoms with Crippen molar-refractivity contribution < 1.29 is 28.7 Å². The average Bonchev–Trinajstić information content (AvgIpc) is 3.93. The number of aromatic nitrogens is 8. The molecule has 18 heteroatoms. The molecule has 0 saturated carbocycles. The molecule has 2 atom stereocenters. The number of imidazole rings is 2. The van der Waals surface area contributed by atoms with Crippen LogP contribution in [0.25, 0.3) is 22.1 Å². The molecule has 0 saturated heterocycles. The summed E-state index contributed by atoms with van der Waals surface area (Å²) in [6, 6.07) is 8.93. The van der Waals surface area contributed by atoms with Crippen LogP contribution < -0.4 is 31.6 Å². The SMILES string of the molecule is CCn1nc(C)cc1C(=O)Nc1nc2cc(C(N)=O)cc3c2n1C(C=CCC1COc2cc(C(N)=O)cc4nc(NC(=O)c5cc(C)nn5CC)n1c24)CO3. The Morgan fingerprint density at radius 2 is 1.24 bits per heavy atom. The Bertz CT molecular complexity index is 2610. The zero-order valence-corrected chi connectivity index (χ0v) is 30.5. The Kier molecular flexibility index (Phi) is 8.58. The van der Waals surface area contributed by atoms with Gasteiger partial charge < -0.3 is 20.9 Å². The Morgan fingerprint density at radius 3 is 1.75 bits per heavy atom. The van der Waals surface area contributed by atoms with E-state index < -0.39 is 23.8 Å². The number of allylic oxidation sites excluding steroid dienone is 1. The number of nitrogens with two attached hydrogens (primary N) is 2. The number of nitrogens with one attached hydrogen (secondary N) is 2. The van der Waals surface area contributed by atoms with E-state index in [1.807, 2.05) is 49.0 Å². The van der Waals surface area contributed by atoms with E-state index in [1.54, 1.807) is 45.8 Å². The van der Waals surface area contributed by atoms with Crippen LogP contribution >= 0.6 is 0 Å². The molecule has 2 unspecified atom stereocenters.